The molecule has 2 aromatic rings. The molecule has 0 saturated carbocycles. The van der Waals surface area contributed by atoms with E-state index in [2.05, 4.69) is 37.2 Å². The normalized spacial score (nSPS) is 13.1. The molecule has 34 heavy (non-hydrogen) atoms. The Morgan fingerprint density at radius 3 is 2.21 bits per heavy atom. The van der Waals surface area contributed by atoms with Crippen molar-refractivity contribution in [2.24, 2.45) is 0 Å². The maximum absolute atomic E-state index is 13.5. The largest absolute Gasteiger partial charge is 0.352 e. The van der Waals surface area contributed by atoms with Gasteiger partial charge in [0, 0.05) is 21.5 Å². The number of benzene rings is 2. The van der Waals surface area contributed by atoms with Gasteiger partial charge in [-0.2, -0.15) is 0 Å². The standard InChI is InChI=1S/C24H31Br2N3O4S/c1-6-17(3)27-24(31)18(4)28(14-19-7-9-20(25)10-8-19)23(30)15-29(34(5,32)33)21-11-12-22(26)16(2)13-21/h7-13,17-18H,6,14-15H2,1-5H3,(H,27,31)/t17-,18-/m1/s1. The second-order valence-corrected chi connectivity index (χ2v) is 12.0. The highest BCUT2D eigenvalue weighted by Crippen LogP contribution is 2.25. The van der Waals surface area contributed by atoms with E-state index in [0.717, 1.165) is 37.1 Å². The Balaban J connectivity index is 2.39. The van der Waals surface area contributed by atoms with Gasteiger partial charge in [0.25, 0.3) is 0 Å². The number of anilines is 1. The van der Waals surface area contributed by atoms with Crippen molar-refractivity contribution in [2.45, 2.75) is 52.7 Å². The zero-order valence-electron chi connectivity index (χ0n) is 20.0. The summed E-state index contributed by atoms with van der Waals surface area (Å²) < 4.78 is 28.1. The van der Waals surface area contributed by atoms with Crippen molar-refractivity contribution in [2.75, 3.05) is 17.1 Å². The van der Waals surface area contributed by atoms with Crippen LogP contribution in [-0.2, 0) is 26.2 Å². The molecule has 2 aromatic carbocycles. The maximum atomic E-state index is 13.5. The van der Waals surface area contributed by atoms with Crippen molar-refractivity contribution in [3.63, 3.8) is 0 Å². The van der Waals surface area contributed by atoms with Crippen molar-refractivity contribution < 1.29 is 18.0 Å². The first-order chi connectivity index (χ1) is 15.8. The molecular weight excluding hydrogens is 586 g/mol. The van der Waals surface area contributed by atoms with Crippen LogP contribution in [0.4, 0.5) is 5.69 Å². The van der Waals surface area contributed by atoms with Crippen LogP contribution in [0.2, 0.25) is 0 Å². The highest BCUT2D eigenvalue weighted by atomic mass is 79.9. The highest BCUT2D eigenvalue weighted by molar-refractivity contribution is 9.10. The summed E-state index contributed by atoms with van der Waals surface area (Å²) in [6.07, 6.45) is 1.82. The molecule has 1 N–H and O–H groups in total. The fourth-order valence-electron chi connectivity index (χ4n) is 3.23. The lowest BCUT2D eigenvalue weighted by Gasteiger charge is -2.32. The predicted molar refractivity (Wildman–Crippen MR) is 143 cm³/mol. The minimum atomic E-state index is -3.76. The third kappa shape index (κ3) is 7.81. The lowest BCUT2D eigenvalue weighted by molar-refractivity contribution is -0.139. The summed E-state index contributed by atoms with van der Waals surface area (Å²) in [6.45, 7) is 7.10. The van der Waals surface area contributed by atoms with Gasteiger partial charge in [-0.05, 0) is 68.7 Å². The van der Waals surface area contributed by atoms with E-state index in [9.17, 15) is 18.0 Å². The second-order valence-electron chi connectivity index (χ2n) is 8.35. The maximum Gasteiger partial charge on any atom is 0.244 e. The van der Waals surface area contributed by atoms with E-state index in [4.69, 9.17) is 0 Å². The third-order valence-electron chi connectivity index (χ3n) is 5.54. The molecule has 0 spiro atoms. The first kappa shape index (κ1) is 28.3. The average Bonchev–Trinajstić information content (AvgIpc) is 2.77. The van der Waals surface area contributed by atoms with Crippen molar-refractivity contribution in [1.82, 2.24) is 10.2 Å². The van der Waals surface area contributed by atoms with Gasteiger partial charge in [0.15, 0.2) is 0 Å². The Bertz CT molecular complexity index is 1120. The minimum Gasteiger partial charge on any atom is -0.352 e. The van der Waals surface area contributed by atoms with Gasteiger partial charge in [-0.3, -0.25) is 13.9 Å². The molecule has 0 saturated heterocycles. The zero-order valence-corrected chi connectivity index (χ0v) is 24.0. The lowest BCUT2D eigenvalue weighted by Crippen LogP contribution is -2.52. The second kappa shape index (κ2) is 12.2. The van der Waals surface area contributed by atoms with Crippen LogP contribution in [0.1, 0.15) is 38.3 Å². The summed E-state index contributed by atoms with van der Waals surface area (Å²) >= 11 is 6.81. The number of halogens is 2. The smallest absolute Gasteiger partial charge is 0.244 e. The summed E-state index contributed by atoms with van der Waals surface area (Å²) in [6, 6.07) is 11.7. The van der Waals surface area contributed by atoms with Crippen molar-refractivity contribution in [3.8, 4) is 0 Å². The van der Waals surface area contributed by atoms with Crippen LogP contribution in [-0.4, -0.2) is 50.0 Å². The van der Waals surface area contributed by atoms with Crippen LogP contribution in [0.15, 0.2) is 51.4 Å². The van der Waals surface area contributed by atoms with Crippen LogP contribution in [0.3, 0.4) is 0 Å². The minimum absolute atomic E-state index is 0.0437. The van der Waals surface area contributed by atoms with E-state index in [1.165, 1.54) is 4.90 Å². The molecule has 0 aliphatic rings. The lowest BCUT2D eigenvalue weighted by atomic mass is 10.1. The van der Waals surface area contributed by atoms with Gasteiger partial charge in [0.2, 0.25) is 21.8 Å². The van der Waals surface area contributed by atoms with Crippen LogP contribution in [0.5, 0.6) is 0 Å². The molecule has 2 rings (SSSR count). The van der Waals surface area contributed by atoms with Crippen LogP contribution in [0, 0.1) is 6.92 Å². The number of nitrogens with zero attached hydrogens (tertiary/aromatic N) is 2. The summed E-state index contributed by atoms with van der Waals surface area (Å²) in [4.78, 5) is 27.8. The number of hydrogen-bond donors (Lipinski definition) is 1. The van der Waals surface area contributed by atoms with Crippen LogP contribution < -0.4 is 9.62 Å². The monoisotopic (exact) mass is 615 g/mol. The molecule has 10 heteroatoms. The number of rotatable bonds is 10. The topological polar surface area (TPSA) is 86.8 Å². The van der Waals surface area contributed by atoms with Gasteiger partial charge in [-0.25, -0.2) is 8.42 Å². The molecule has 2 atom stereocenters. The number of carbonyl (C=O) groups excluding carboxylic acids is 2. The number of aryl methyl sites for hydroxylation is 1. The Hall–Kier alpha value is -1.91. The molecule has 0 fully saturated rings. The van der Waals surface area contributed by atoms with E-state index < -0.39 is 28.5 Å². The van der Waals surface area contributed by atoms with Gasteiger partial charge in [-0.15, -0.1) is 0 Å². The predicted octanol–water partition coefficient (Wildman–Crippen LogP) is 4.62. The summed E-state index contributed by atoms with van der Waals surface area (Å²) in [5.74, 6) is -0.758. The fourth-order valence-corrected chi connectivity index (χ4v) is 4.58. The van der Waals surface area contributed by atoms with Gasteiger partial charge in [0.1, 0.15) is 12.6 Å². The quantitative estimate of drug-likeness (QED) is 0.422. The molecule has 0 aliphatic heterocycles. The van der Waals surface area contributed by atoms with Gasteiger partial charge < -0.3 is 10.2 Å². The first-order valence-electron chi connectivity index (χ1n) is 10.9. The van der Waals surface area contributed by atoms with E-state index in [0.29, 0.717) is 5.69 Å². The van der Waals surface area contributed by atoms with Gasteiger partial charge >= 0.3 is 0 Å². The molecule has 0 heterocycles. The van der Waals surface area contributed by atoms with E-state index in [1.807, 2.05) is 45.0 Å². The highest BCUT2D eigenvalue weighted by Gasteiger charge is 2.30. The molecule has 186 valence electrons. The molecule has 0 bridgehead atoms. The molecule has 0 unspecified atom stereocenters. The Labute approximate surface area is 219 Å². The first-order valence-corrected chi connectivity index (χ1v) is 14.3. The number of hydrogen-bond acceptors (Lipinski definition) is 4. The van der Waals surface area contributed by atoms with Crippen molar-refractivity contribution in [3.05, 3.63) is 62.5 Å². The van der Waals surface area contributed by atoms with Crippen LogP contribution >= 0.6 is 31.9 Å². The zero-order chi connectivity index (χ0) is 25.6. The number of nitrogens with one attached hydrogen (secondary N) is 1. The van der Waals surface area contributed by atoms with E-state index >= 15 is 0 Å². The molecule has 2 amide bonds. The molecule has 0 radical (unpaired) electrons. The van der Waals surface area contributed by atoms with Crippen LogP contribution in [0.25, 0.3) is 0 Å². The molecular formula is C24H31Br2N3O4S. The Morgan fingerprint density at radius 1 is 1.06 bits per heavy atom. The van der Waals surface area contributed by atoms with Gasteiger partial charge in [-0.1, -0.05) is 50.9 Å². The van der Waals surface area contributed by atoms with E-state index in [-0.39, 0.29) is 18.5 Å². The molecule has 0 aromatic heterocycles. The third-order valence-corrected chi connectivity index (χ3v) is 8.10. The van der Waals surface area contributed by atoms with Crippen molar-refractivity contribution in [1.29, 1.82) is 0 Å². The molecule has 7 nitrogen and oxygen atoms in total. The molecule has 0 aliphatic carbocycles. The van der Waals surface area contributed by atoms with E-state index in [1.54, 1.807) is 25.1 Å². The number of sulfonamides is 1. The Kier molecular flexibility index (Phi) is 10.1. The summed E-state index contributed by atoms with van der Waals surface area (Å²) in [5, 5.41) is 2.91. The summed E-state index contributed by atoms with van der Waals surface area (Å²) in [7, 11) is -3.76. The SMILES string of the molecule is CC[C@@H](C)NC(=O)[C@@H](C)N(Cc1ccc(Br)cc1)C(=O)CN(c1ccc(Br)c(C)c1)S(C)(=O)=O. The number of carbonyl (C=O) groups is 2. The summed E-state index contributed by atoms with van der Waals surface area (Å²) in [5.41, 5.74) is 2.05. The van der Waals surface area contributed by atoms with Crippen molar-refractivity contribution >= 4 is 59.4 Å². The Morgan fingerprint density at radius 2 is 1.68 bits per heavy atom. The van der Waals surface area contributed by atoms with Gasteiger partial charge in [0.05, 0.1) is 11.9 Å². The number of amides is 2. The fraction of sp³-hybridized carbons (Fsp3) is 0.417. The average molecular weight is 617 g/mol.